The fourth-order valence-electron chi connectivity index (χ4n) is 2.95. The lowest BCUT2D eigenvalue weighted by molar-refractivity contribution is 0.295. The Bertz CT molecular complexity index is 476. The Balaban J connectivity index is 2.35. The number of methoxy groups -OCH3 is 1. The molecule has 0 amide bonds. The van der Waals surface area contributed by atoms with Gasteiger partial charge in [-0.3, -0.25) is 0 Å². The highest BCUT2D eigenvalue weighted by atomic mass is 79.9. The Morgan fingerprint density at radius 3 is 2.52 bits per heavy atom. The van der Waals surface area contributed by atoms with Crippen LogP contribution in [-0.2, 0) is 0 Å². The summed E-state index contributed by atoms with van der Waals surface area (Å²) in [5, 5.41) is 3.71. The van der Waals surface area contributed by atoms with Crippen molar-refractivity contribution in [3.8, 4) is 5.75 Å². The van der Waals surface area contributed by atoms with E-state index >= 15 is 0 Å². The van der Waals surface area contributed by atoms with Crippen LogP contribution in [-0.4, -0.2) is 32.3 Å². The number of benzene rings is 1. The summed E-state index contributed by atoms with van der Waals surface area (Å²) in [7, 11) is 1.72. The summed E-state index contributed by atoms with van der Waals surface area (Å²) >= 11 is 3.71. The van der Waals surface area contributed by atoms with E-state index in [4.69, 9.17) is 4.74 Å². The summed E-state index contributed by atoms with van der Waals surface area (Å²) in [5.74, 6) is 2.14. The van der Waals surface area contributed by atoms with Crippen LogP contribution in [0.2, 0.25) is 0 Å². The Hall–Kier alpha value is -0.740. The molecule has 1 fully saturated rings. The molecular weight excluding hydrogens is 328 g/mol. The summed E-state index contributed by atoms with van der Waals surface area (Å²) in [6.45, 7) is 11.2. The van der Waals surface area contributed by atoms with E-state index in [0.717, 1.165) is 23.3 Å². The third-order valence-electron chi connectivity index (χ3n) is 4.42. The predicted molar refractivity (Wildman–Crippen MR) is 93.3 cm³/mol. The first kappa shape index (κ1) is 16.6. The van der Waals surface area contributed by atoms with Crippen LogP contribution in [0.4, 0.5) is 5.69 Å². The molecule has 21 heavy (non-hydrogen) atoms. The first-order valence-electron chi connectivity index (χ1n) is 7.77. The zero-order valence-electron chi connectivity index (χ0n) is 13.7. The number of ether oxygens (including phenoxy) is 1. The number of hydrogen-bond donors (Lipinski definition) is 1. The second-order valence-corrected chi connectivity index (χ2v) is 7.39. The Morgan fingerprint density at radius 1 is 1.24 bits per heavy atom. The lowest BCUT2D eigenvalue weighted by atomic mass is 9.93. The summed E-state index contributed by atoms with van der Waals surface area (Å²) < 4.78 is 6.54. The SMILES string of the molecule is COc1ccc(Br)c(N2CC(C(C)C)NCC2C(C)C)c1. The summed E-state index contributed by atoms with van der Waals surface area (Å²) in [6.07, 6.45) is 0. The minimum atomic E-state index is 0.503. The number of halogens is 1. The molecule has 2 atom stereocenters. The van der Waals surface area contributed by atoms with Crippen molar-refractivity contribution in [2.45, 2.75) is 39.8 Å². The van der Waals surface area contributed by atoms with Crippen molar-refractivity contribution in [1.82, 2.24) is 5.32 Å². The van der Waals surface area contributed by atoms with E-state index in [0.29, 0.717) is 23.9 Å². The monoisotopic (exact) mass is 354 g/mol. The lowest BCUT2D eigenvalue weighted by Gasteiger charge is -2.45. The molecule has 1 aromatic rings. The molecule has 4 heteroatoms. The molecule has 1 aromatic carbocycles. The van der Waals surface area contributed by atoms with Gasteiger partial charge in [0, 0.05) is 35.7 Å². The maximum absolute atomic E-state index is 5.41. The highest BCUT2D eigenvalue weighted by Crippen LogP contribution is 2.34. The van der Waals surface area contributed by atoms with Crippen molar-refractivity contribution in [3.63, 3.8) is 0 Å². The molecule has 1 saturated heterocycles. The summed E-state index contributed by atoms with van der Waals surface area (Å²) in [6, 6.07) is 7.25. The third-order valence-corrected chi connectivity index (χ3v) is 5.09. The number of piperazine rings is 1. The molecule has 3 nitrogen and oxygen atoms in total. The van der Waals surface area contributed by atoms with Gasteiger partial charge in [0.2, 0.25) is 0 Å². The van der Waals surface area contributed by atoms with Gasteiger partial charge in [0.05, 0.1) is 12.8 Å². The molecule has 2 unspecified atom stereocenters. The van der Waals surface area contributed by atoms with Crippen LogP contribution in [0.1, 0.15) is 27.7 Å². The van der Waals surface area contributed by atoms with Crippen LogP contribution in [0.3, 0.4) is 0 Å². The van der Waals surface area contributed by atoms with Crippen molar-refractivity contribution in [1.29, 1.82) is 0 Å². The average molecular weight is 355 g/mol. The quantitative estimate of drug-likeness (QED) is 0.886. The molecule has 1 aliphatic rings. The second kappa shape index (κ2) is 7.01. The third kappa shape index (κ3) is 3.72. The van der Waals surface area contributed by atoms with Gasteiger partial charge < -0.3 is 15.0 Å². The fourth-order valence-corrected chi connectivity index (χ4v) is 3.43. The highest BCUT2D eigenvalue weighted by Gasteiger charge is 2.32. The molecule has 118 valence electrons. The van der Waals surface area contributed by atoms with Crippen LogP contribution >= 0.6 is 15.9 Å². The van der Waals surface area contributed by atoms with Gasteiger partial charge in [0.15, 0.2) is 0 Å². The molecule has 2 rings (SSSR count). The minimum absolute atomic E-state index is 0.503. The number of nitrogens with zero attached hydrogens (tertiary/aromatic N) is 1. The molecule has 0 aromatic heterocycles. The zero-order valence-corrected chi connectivity index (χ0v) is 15.3. The van der Waals surface area contributed by atoms with Gasteiger partial charge in [-0.1, -0.05) is 27.7 Å². The average Bonchev–Trinajstić information content (AvgIpc) is 2.47. The molecule has 0 radical (unpaired) electrons. The molecule has 1 N–H and O–H groups in total. The van der Waals surface area contributed by atoms with Crippen molar-refractivity contribution in [2.75, 3.05) is 25.1 Å². The van der Waals surface area contributed by atoms with Gasteiger partial charge in [0.1, 0.15) is 5.75 Å². The fraction of sp³-hybridized carbons (Fsp3) is 0.647. The number of nitrogens with one attached hydrogen (secondary N) is 1. The molecule has 1 heterocycles. The van der Waals surface area contributed by atoms with Crippen LogP contribution in [0, 0.1) is 11.8 Å². The van der Waals surface area contributed by atoms with E-state index in [1.807, 2.05) is 6.07 Å². The molecule has 0 saturated carbocycles. The van der Waals surface area contributed by atoms with Gasteiger partial charge in [-0.25, -0.2) is 0 Å². The van der Waals surface area contributed by atoms with Gasteiger partial charge in [0.25, 0.3) is 0 Å². The lowest BCUT2D eigenvalue weighted by Crippen LogP contribution is -2.60. The number of rotatable bonds is 4. The van der Waals surface area contributed by atoms with Crippen molar-refractivity contribution < 1.29 is 4.74 Å². The summed E-state index contributed by atoms with van der Waals surface area (Å²) in [4.78, 5) is 2.54. The molecular formula is C17H27BrN2O. The van der Waals surface area contributed by atoms with Crippen molar-refractivity contribution >= 4 is 21.6 Å². The van der Waals surface area contributed by atoms with E-state index in [-0.39, 0.29) is 0 Å². The standard InChI is InChI=1S/C17H27BrN2O/c1-11(2)15-10-20(17(9-19-15)12(3)4)16-8-13(21-5)6-7-14(16)18/h6-8,11-12,15,17,19H,9-10H2,1-5H3. The predicted octanol–water partition coefficient (Wildman–Crippen LogP) is 3.92. The number of anilines is 1. The van der Waals surface area contributed by atoms with Gasteiger partial charge in [-0.05, 0) is 39.9 Å². The first-order chi connectivity index (χ1) is 9.93. The first-order valence-corrected chi connectivity index (χ1v) is 8.57. The molecule has 0 spiro atoms. The zero-order chi connectivity index (χ0) is 15.6. The van der Waals surface area contributed by atoms with Crippen LogP contribution in [0.25, 0.3) is 0 Å². The van der Waals surface area contributed by atoms with Gasteiger partial charge >= 0.3 is 0 Å². The van der Waals surface area contributed by atoms with E-state index < -0.39 is 0 Å². The number of hydrogen-bond acceptors (Lipinski definition) is 3. The van der Waals surface area contributed by atoms with Crippen LogP contribution < -0.4 is 15.0 Å². The van der Waals surface area contributed by atoms with E-state index in [2.05, 4.69) is 66.0 Å². The van der Waals surface area contributed by atoms with Gasteiger partial charge in [-0.15, -0.1) is 0 Å². The maximum atomic E-state index is 5.41. The summed E-state index contributed by atoms with van der Waals surface area (Å²) in [5.41, 5.74) is 1.24. The van der Waals surface area contributed by atoms with E-state index in [1.54, 1.807) is 7.11 Å². The van der Waals surface area contributed by atoms with Crippen LogP contribution in [0.15, 0.2) is 22.7 Å². The van der Waals surface area contributed by atoms with Crippen molar-refractivity contribution in [2.24, 2.45) is 11.8 Å². The normalized spacial score (nSPS) is 23.0. The Labute approximate surface area is 137 Å². The van der Waals surface area contributed by atoms with E-state index in [1.165, 1.54) is 5.69 Å². The van der Waals surface area contributed by atoms with Crippen LogP contribution in [0.5, 0.6) is 5.75 Å². The molecule has 1 aliphatic heterocycles. The maximum Gasteiger partial charge on any atom is 0.121 e. The minimum Gasteiger partial charge on any atom is -0.497 e. The van der Waals surface area contributed by atoms with Gasteiger partial charge in [-0.2, -0.15) is 0 Å². The molecule has 0 aliphatic carbocycles. The Kier molecular flexibility index (Phi) is 5.55. The highest BCUT2D eigenvalue weighted by molar-refractivity contribution is 9.10. The smallest absolute Gasteiger partial charge is 0.121 e. The topological polar surface area (TPSA) is 24.5 Å². The second-order valence-electron chi connectivity index (χ2n) is 6.54. The largest absolute Gasteiger partial charge is 0.497 e. The van der Waals surface area contributed by atoms with Crippen molar-refractivity contribution in [3.05, 3.63) is 22.7 Å². The molecule has 0 bridgehead atoms. The Morgan fingerprint density at radius 2 is 1.95 bits per heavy atom. The van der Waals surface area contributed by atoms with E-state index in [9.17, 15) is 0 Å².